The molecule has 0 atom stereocenters. The van der Waals surface area contributed by atoms with Gasteiger partial charge >= 0.3 is 0 Å². The van der Waals surface area contributed by atoms with Crippen LogP contribution in [0.3, 0.4) is 0 Å². The minimum absolute atomic E-state index is 0.144. The molecule has 0 aliphatic heterocycles. The molecule has 9 heteroatoms. The molecule has 4 aromatic rings. The first-order valence-electron chi connectivity index (χ1n) is 11.1. The van der Waals surface area contributed by atoms with Gasteiger partial charge in [0, 0.05) is 10.7 Å². The predicted molar refractivity (Wildman–Crippen MR) is 139 cm³/mol. The highest BCUT2D eigenvalue weighted by Gasteiger charge is 2.17. The zero-order valence-electron chi connectivity index (χ0n) is 19.4. The molecule has 0 bridgehead atoms. The highest BCUT2D eigenvalue weighted by Crippen LogP contribution is 2.26. The molecule has 1 N–H and O–H groups in total. The Morgan fingerprint density at radius 1 is 1.00 bits per heavy atom. The molecule has 7 nitrogen and oxygen atoms in total. The maximum Gasteiger partial charge on any atom is 0.234 e. The molecule has 0 aliphatic carbocycles. The molecule has 0 radical (unpaired) electrons. The number of ether oxygens (including phenoxy) is 2. The van der Waals surface area contributed by atoms with Gasteiger partial charge in [0.1, 0.15) is 18.1 Å². The van der Waals surface area contributed by atoms with Crippen LogP contribution in [0.5, 0.6) is 11.5 Å². The van der Waals surface area contributed by atoms with Gasteiger partial charge in [-0.1, -0.05) is 53.2 Å². The van der Waals surface area contributed by atoms with Gasteiger partial charge in [-0.15, -0.1) is 10.2 Å². The molecule has 0 saturated carbocycles. The van der Waals surface area contributed by atoms with Gasteiger partial charge in [-0.25, -0.2) is 0 Å². The van der Waals surface area contributed by atoms with Gasteiger partial charge in [-0.2, -0.15) is 0 Å². The SMILES string of the molecule is CCOc1ccccc1NC(=O)CSc1nnc(COc2ccc(C)cc2)n1-c1ccc(Cl)cc1. The molecular formula is C26H25ClN4O3S. The second-order valence-corrected chi connectivity index (χ2v) is 8.96. The van der Waals surface area contributed by atoms with Gasteiger partial charge < -0.3 is 14.8 Å². The maximum atomic E-state index is 12.7. The first-order valence-corrected chi connectivity index (χ1v) is 12.4. The number of nitrogens with zero attached hydrogens (tertiary/aromatic N) is 3. The largest absolute Gasteiger partial charge is 0.492 e. The zero-order valence-corrected chi connectivity index (χ0v) is 21.0. The number of para-hydroxylation sites is 2. The van der Waals surface area contributed by atoms with Crippen LogP contribution < -0.4 is 14.8 Å². The molecule has 0 unspecified atom stereocenters. The van der Waals surface area contributed by atoms with Crippen LogP contribution >= 0.6 is 23.4 Å². The second-order valence-electron chi connectivity index (χ2n) is 7.58. The number of thioether (sulfide) groups is 1. The van der Waals surface area contributed by atoms with Crippen molar-refractivity contribution in [3.63, 3.8) is 0 Å². The molecule has 4 rings (SSSR count). The van der Waals surface area contributed by atoms with Gasteiger partial charge in [0.15, 0.2) is 11.0 Å². The van der Waals surface area contributed by atoms with E-state index in [-0.39, 0.29) is 18.3 Å². The minimum atomic E-state index is -0.176. The van der Waals surface area contributed by atoms with Crippen molar-refractivity contribution in [3.8, 4) is 17.2 Å². The van der Waals surface area contributed by atoms with Crippen molar-refractivity contribution in [2.75, 3.05) is 17.7 Å². The van der Waals surface area contributed by atoms with Crippen molar-refractivity contribution >= 4 is 35.0 Å². The second kappa shape index (κ2) is 11.8. The molecule has 180 valence electrons. The molecule has 0 fully saturated rings. The van der Waals surface area contributed by atoms with Crippen LogP contribution in [-0.4, -0.2) is 33.0 Å². The molecule has 0 aliphatic rings. The Bertz CT molecular complexity index is 1280. The van der Waals surface area contributed by atoms with E-state index < -0.39 is 0 Å². The smallest absolute Gasteiger partial charge is 0.234 e. The maximum absolute atomic E-state index is 12.7. The predicted octanol–water partition coefficient (Wildman–Crippen LogP) is 5.94. The molecule has 1 amide bonds. The number of nitrogens with one attached hydrogen (secondary N) is 1. The average Bonchev–Trinajstić information content (AvgIpc) is 3.27. The lowest BCUT2D eigenvalue weighted by Gasteiger charge is -2.12. The lowest BCUT2D eigenvalue weighted by Crippen LogP contribution is -2.15. The van der Waals surface area contributed by atoms with E-state index in [9.17, 15) is 4.79 Å². The van der Waals surface area contributed by atoms with E-state index in [1.807, 2.05) is 79.1 Å². The Morgan fingerprint density at radius 3 is 2.49 bits per heavy atom. The number of aromatic nitrogens is 3. The van der Waals surface area contributed by atoms with Gasteiger partial charge in [0.2, 0.25) is 5.91 Å². The molecule has 35 heavy (non-hydrogen) atoms. The van der Waals surface area contributed by atoms with E-state index in [2.05, 4.69) is 15.5 Å². The van der Waals surface area contributed by atoms with Crippen molar-refractivity contribution in [2.45, 2.75) is 25.6 Å². The highest BCUT2D eigenvalue weighted by atomic mass is 35.5. The monoisotopic (exact) mass is 508 g/mol. The first-order chi connectivity index (χ1) is 17.0. The number of hydrogen-bond acceptors (Lipinski definition) is 6. The minimum Gasteiger partial charge on any atom is -0.492 e. The summed E-state index contributed by atoms with van der Waals surface area (Å²) in [5.41, 5.74) is 2.61. The summed E-state index contributed by atoms with van der Waals surface area (Å²) in [6.07, 6.45) is 0. The van der Waals surface area contributed by atoms with Crippen LogP contribution in [0.25, 0.3) is 5.69 Å². The molecule has 0 saturated heterocycles. The number of carbonyl (C=O) groups is 1. The lowest BCUT2D eigenvalue weighted by atomic mass is 10.2. The van der Waals surface area contributed by atoms with Crippen LogP contribution in [0.4, 0.5) is 5.69 Å². The number of anilines is 1. The van der Waals surface area contributed by atoms with Gasteiger partial charge in [0.05, 0.1) is 18.0 Å². The van der Waals surface area contributed by atoms with Crippen LogP contribution in [-0.2, 0) is 11.4 Å². The third kappa shape index (κ3) is 6.55. The summed E-state index contributed by atoms with van der Waals surface area (Å²) in [5, 5.41) is 12.8. The molecule has 3 aromatic carbocycles. The van der Waals surface area contributed by atoms with Crippen molar-refractivity contribution in [2.24, 2.45) is 0 Å². The summed E-state index contributed by atoms with van der Waals surface area (Å²) >= 11 is 7.37. The number of hydrogen-bond donors (Lipinski definition) is 1. The summed E-state index contributed by atoms with van der Waals surface area (Å²) in [7, 11) is 0. The van der Waals surface area contributed by atoms with Crippen molar-refractivity contribution in [1.82, 2.24) is 14.8 Å². The van der Waals surface area contributed by atoms with Crippen LogP contribution in [0, 0.1) is 6.92 Å². The fraction of sp³-hybridized carbons (Fsp3) is 0.192. The Kier molecular flexibility index (Phi) is 8.28. The summed E-state index contributed by atoms with van der Waals surface area (Å²) in [4.78, 5) is 12.7. The lowest BCUT2D eigenvalue weighted by molar-refractivity contribution is -0.113. The Labute approximate surface area is 213 Å². The third-order valence-corrected chi connectivity index (χ3v) is 6.15. The van der Waals surface area contributed by atoms with Crippen molar-refractivity contribution in [1.29, 1.82) is 0 Å². The summed E-state index contributed by atoms with van der Waals surface area (Å²) in [6.45, 7) is 4.65. The Balaban J connectivity index is 1.50. The number of rotatable bonds is 10. The number of halogens is 1. The number of carbonyl (C=O) groups excluding carboxylic acids is 1. The molecule has 1 aromatic heterocycles. The summed E-state index contributed by atoms with van der Waals surface area (Å²) in [6, 6.07) is 22.5. The average molecular weight is 509 g/mol. The standard InChI is InChI=1S/C26H25ClN4O3S/c1-3-33-23-7-5-4-6-22(23)28-25(32)17-35-26-30-29-24(16-34-21-14-8-18(2)9-15-21)31(26)20-12-10-19(27)11-13-20/h4-15H,3,16-17H2,1-2H3,(H,28,32). The van der Waals surface area contributed by atoms with Crippen molar-refractivity contribution in [3.05, 3.63) is 89.2 Å². The van der Waals surface area contributed by atoms with Crippen LogP contribution in [0.1, 0.15) is 18.3 Å². The number of aryl methyl sites for hydroxylation is 1. The van der Waals surface area contributed by atoms with E-state index in [1.165, 1.54) is 11.8 Å². The fourth-order valence-electron chi connectivity index (χ4n) is 3.29. The van der Waals surface area contributed by atoms with Gasteiger partial charge in [-0.05, 0) is 62.4 Å². The fourth-order valence-corrected chi connectivity index (χ4v) is 4.18. The topological polar surface area (TPSA) is 78.3 Å². The quantitative estimate of drug-likeness (QED) is 0.267. The van der Waals surface area contributed by atoms with Crippen LogP contribution in [0.2, 0.25) is 5.02 Å². The van der Waals surface area contributed by atoms with Gasteiger partial charge in [0.25, 0.3) is 0 Å². The third-order valence-electron chi connectivity index (χ3n) is 4.97. The van der Waals surface area contributed by atoms with E-state index in [1.54, 1.807) is 12.1 Å². The normalized spacial score (nSPS) is 10.7. The number of amides is 1. The highest BCUT2D eigenvalue weighted by molar-refractivity contribution is 7.99. The van der Waals surface area contributed by atoms with Crippen molar-refractivity contribution < 1.29 is 14.3 Å². The molecule has 1 heterocycles. The summed E-state index contributed by atoms with van der Waals surface area (Å²) in [5.74, 6) is 1.95. The van der Waals surface area contributed by atoms with Crippen LogP contribution in [0.15, 0.2) is 78.0 Å². The van der Waals surface area contributed by atoms with E-state index >= 15 is 0 Å². The number of benzene rings is 3. The molecule has 0 spiro atoms. The van der Waals surface area contributed by atoms with E-state index in [0.717, 1.165) is 17.0 Å². The van der Waals surface area contributed by atoms with E-state index in [4.69, 9.17) is 21.1 Å². The molecular weight excluding hydrogens is 484 g/mol. The first kappa shape index (κ1) is 24.6. The summed E-state index contributed by atoms with van der Waals surface area (Å²) < 4.78 is 13.4. The Hall–Kier alpha value is -3.49. The Morgan fingerprint density at radius 2 is 1.74 bits per heavy atom. The van der Waals surface area contributed by atoms with E-state index in [0.29, 0.717) is 34.0 Å². The van der Waals surface area contributed by atoms with Gasteiger partial charge in [-0.3, -0.25) is 9.36 Å². The zero-order chi connectivity index (χ0) is 24.6.